The summed E-state index contributed by atoms with van der Waals surface area (Å²) in [5.74, 6) is 0.499. The molecule has 0 amide bonds. The Morgan fingerprint density at radius 3 is 2.47 bits per heavy atom. The van der Waals surface area contributed by atoms with Crippen LogP contribution in [0.4, 0.5) is 0 Å². The van der Waals surface area contributed by atoms with Crippen molar-refractivity contribution >= 4 is 34.5 Å². The summed E-state index contributed by atoms with van der Waals surface area (Å²) in [6.07, 6.45) is 3.16. The predicted octanol–water partition coefficient (Wildman–Crippen LogP) is 5.53. The molecule has 1 nitrogen and oxygen atoms in total. The normalized spacial score (nSPS) is 14.3. The van der Waals surface area contributed by atoms with E-state index >= 15 is 0 Å². The third kappa shape index (κ3) is 4.94. The molecule has 2 heteroatoms. The topological polar surface area (TPSA) is 12.4 Å². The SMILES string of the molecule is C=C(C)/C(CI)=C(\N=C[C@H](C)CC)c1ccccc1. The van der Waals surface area contributed by atoms with Gasteiger partial charge in [-0.2, -0.15) is 0 Å². The largest absolute Gasteiger partial charge is 0.260 e. The van der Waals surface area contributed by atoms with E-state index in [-0.39, 0.29) is 0 Å². The molecule has 0 aliphatic rings. The molecule has 0 spiro atoms. The Kier molecular flexibility index (Phi) is 7.06. The van der Waals surface area contributed by atoms with E-state index in [1.807, 2.05) is 6.07 Å². The monoisotopic (exact) mass is 367 g/mol. The molecule has 0 bridgehead atoms. The van der Waals surface area contributed by atoms with Crippen LogP contribution in [-0.4, -0.2) is 10.6 Å². The molecule has 0 unspecified atom stereocenters. The van der Waals surface area contributed by atoms with E-state index in [4.69, 9.17) is 4.99 Å². The second kappa shape index (κ2) is 8.31. The molecule has 19 heavy (non-hydrogen) atoms. The number of hydrogen-bond acceptors (Lipinski definition) is 1. The van der Waals surface area contributed by atoms with Gasteiger partial charge in [0.25, 0.3) is 0 Å². The number of halogens is 1. The van der Waals surface area contributed by atoms with Crippen molar-refractivity contribution in [3.8, 4) is 0 Å². The molecule has 102 valence electrons. The number of benzene rings is 1. The predicted molar refractivity (Wildman–Crippen MR) is 95.0 cm³/mol. The molecule has 0 saturated carbocycles. The lowest BCUT2D eigenvalue weighted by Gasteiger charge is -2.11. The Morgan fingerprint density at radius 1 is 1.37 bits per heavy atom. The Hall–Kier alpha value is -0.900. The van der Waals surface area contributed by atoms with Crippen LogP contribution >= 0.6 is 22.6 Å². The van der Waals surface area contributed by atoms with Crippen LogP contribution in [0.2, 0.25) is 0 Å². The number of allylic oxidation sites excluding steroid dienone is 2. The first-order valence-corrected chi connectivity index (χ1v) is 8.17. The molecule has 0 aromatic heterocycles. The Morgan fingerprint density at radius 2 is 2.00 bits per heavy atom. The van der Waals surface area contributed by atoms with Gasteiger partial charge < -0.3 is 0 Å². The van der Waals surface area contributed by atoms with Crippen molar-refractivity contribution < 1.29 is 0 Å². The highest BCUT2D eigenvalue weighted by Gasteiger charge is 2.08. The summed E-state index contributed by atoms with van der Waals surface area (Å²) in [7, 11) is 0. The van der Waals surface area contributed by atoms with Crippen molar-refractivity contribution in [2.75, 3.05) is 4.43 Å². The minimum Gasteiger partial charge on any atom is -0.260 e. The number of hydrogen-bond donors (Lipinski definition) is 0. The van der Waals surface area contributed by atoms with Crippen LogP contribution in [0.15, 0.2) is 53.0 Å². The highest BCUT2D eigenvalue weighted by molar-refractivity contribution is 14.1. The number of nitrogens with zero attached hydrogens (tertiary/aromatic N) is 1. The van der Waals surface area contributed by atoms with E-state index in [1.54, 1.807) is 0 Å². The van der Waals surface area contributed by atoms with Gasteiger partial charge in [0.2, 0.25) is 0 Å². The molecule has 0 aliphatic heterocycles. The zero-order chi connectivity index (χ0) is 14.3. The number of rotatable bonds is 6. The van der Waals surface area contributed by atoms with E-state index in [0.717, 1.165) is 27.7 Å². The van der Waals surface area contributed by atoms with E-state index in [9.17, 15) is 0 Å². The minimum absolute atomic E-state index is 0.499. The average molecular weight is 367 g/mol. The van der Waals surface area contributed by atoms with Crippen molar-refractivity contribution in [3.63, 3.8) is 0 Å². The Labute approximate surface area is 130 Å². The van der Waals surface area contributed by atoms with Gasteiger partial charge in [0, 0.05) is 16.2 Å². The van der Waals surface area contributed by atoms with Gasteiger partial charge in [-0.3, -0.25) is 4.99 Å². The first kappa shape index (κ1) is 16.2. The lowest BCUT2D eigenvalue weighted by atomic mass is 10.0. The molecule has 1 atom stereocenters. The summed E-state index contributed by atoms with van der Waals surface area (Å²) in [4.78, 5) is 4.75. The Balaban J connectivity index is 3.26. The van der Waals surface area contributed by atoms with Crippen LogP contribution < -0.4 is 0 Å². The summed E-state index contributed by atoms with van der Waals surface area (Å²) < 4.78 is 0.926. The maximum absolute atomic E-state index is 4.75. The van der Waals surface area contributed by atoms with Crippen LogP contribution in [0.5, 0.6) is 0 Å². The zero-order valence-corrected chi connectivity index (χ0v) is 14.1. The van der Waals surface area contributed by atoms with Gasteiger partial charge in [0.1, 0.15) is 0 Å². The molecule has 0 fully saturated rings. The molecule has 1 rings (SSSR count). The Bertz CT molecular complexity index is 471. The second-order valence-corrected chi connectivity index (χ2v) is 5.53. The van der Waals surface area contributed by atoms with Gasteiger partial charge in [0.05, 0.1) is 5.70 Å². The van der Waals surface area contributed by atoms with Gasteiger partial charge in [-0.25, -0.2) is 0 Å². The quantitative estimate of drug-likeness (QED) is 0.272. The second-order valence-electron chi connectivity index (χ2n) is 4.77. The number of alkyl halides is 1. The lowest BCUT2D eigenvalue weighted by molar-refractivity contribution is 0.755. The summed E-state index contributed by atoms with van der Waals surface area (Å²) in [6, 6.07) is 10.4. The molecular weight excluding hydrogens is 345 g/mol. The highest BCUT2D eigenvalue weighted by Crippen LogP contribution is 2.26. The van der Waals surface area contributed by atoms with Crippen molar-refractivity contribution in [2.45, 2.75) is 27.2 Å². The van der Waals surface area contributed by atoms with Crippen LogP contribution in [0, 0.1) is 5.92 Å². The molecule has 1 aromatic rings. The molecule has 0 aliphatic carbocycles. The average Bonchev–Trinajstić information content (AvgIpc) is 2.43. The van der Waals surface area contributed by atoms with Gasteiger partial charge in [-0.1, -0.05) is 78.9 Å². The molecule has 1 aromatic carbocycles. The summed E-state index contributed by atoms with van der Waals surface area (Å²) in [5.41, 5.74) is 4.54. The van der Waals surface area contributed by atoms with Crippen LogP contribution in [0.1, 0.15) is 32.8 Å². The molecule has 0 N–H and O–H groups in total. The van der Waals surface area contributed by atoms with Crippen molar-refractivity contribution in [1.82, 2.24) is 0 Å². The fourth-order valence-electron chi connectivity index (χ4n) is 1.61. The van der Waals surface area contributed by atoms with E-state index in [0.29, 0.717) is 5.92 Å². The summed E-state index contributed by atoms with van der Waals surface area (Å²) >= 11 is 2.38. The van der Waals surface area contributed by atoms with Crippen LogP contribution in [-0.2, 0) is 0 Å². The van der Waals surface area contributed by atoms with Gasteiger partial charge in [0.15, 0.2) is 0 Å². The molecule has 0 radical (unpaired) electrons. The van der Waals surface area contributed by atoms with E-state index in [2.05, 4.69) is 80.4 Å². The highest BCUT2D eigenvalue weighted by atomic mass is 127. The first-order chi connectivity index (χ1) is 9.10. The number of aliphatic imine (C=N–C) groups is 1. The maximum atomic E-state index is 4.75. The molecule has 0 heterocycles. The van der Waals surface area contributed by atoms with Crippen molar-refractivity contribution in [1.29, 1.82) is 0 Å². The van der Waals surface area contributed by atoms with Crippen LogP contribution in [0.25, 0.3) is 5.70 Å². The minimum atomic E-state index is 0.499. The van der Waals surface area contributed by atoms with Gasteiger partial charge in [-0.05, 0) is 24.8 Å². The fourth-order valence-corrected chi connectivity index (χ4v) is 2.62. The van der Waals surface area contributed by atoms with E-state index < -0.39 is 0 Å². The zero-order valence-electron chi connectivity index (χ0n) is 12.0. The third-order valence-corrected chi connectivity index (χ3v) is 3.85. The van der Waals surface area contributed by atoms with Gasteiger partial charge >= 0.3 is 0 Å². The maximum Gasteiger partial charge on any atom is 0.0740 e. The summed E-state index contributed by atoms with van der Waals surface area (Å²) in [6.45, 7) is 10.5. The van der Waals surface area contributed by atoms with Crippen molar-refractivity contribution in [3.05, 3.63) is 53.6 Å². The van der Waals surface area contributed by atoms with E-state index in [1.165, 1.54) is 5.57 Å². The third-order valence-electron chi connectivity index (χ3n) is 3.08. The first-order valence-electron chi connectivity index (χ1n) is 6.64. The van der Waals surface area contributed by atoms with Gasteiger partial charge in [-0.15, -0.1) is 0 Å². The smallest absolute Gasteiger partial charge is 0.0740 e. The lowest BCUT2D eigenvalue weighted by Crippen LogP contribution is -1.97. The summed E-state index contributed by atoms with van der Waals surface area (Å²) in [5, 5.41) is 0. The van der Waals surface area contributed by atoms with Crippen LogP contribution in [0.3, 0.4) is 0 Å². The fraction of sp³-hybridized carbons (Fsp3) is 0.353. The molecular formula is C17H22IN. The standard InChI is InChI=1S/C17H22IN/c1-5-14(4)12-19-17(16(11-18)13(2)3)15-9-7-6-8-10-15/h6-10,12,14H,2,5,11H2,1,3-4H3/b17-16-,19-12?/t14-/m1/s1. The molecule has 0 saturated heterocycles. The van der Waals surface area contributed by atoms with Crippen molar-refractivity contribution in [2.24, 2.45) is 10.9 Å².